The molecule has 0 unspecified atom stereocenters. The fraction of sp³-hybridized carbons (Fsp3) is 0.571. The molecule has 2 N–H and O–H groups in total. The van der Waals surface area contributed by atoms with E-state index in [9.17, 15) is 4.79 Å². The second-order valence-electron chi connectivity index (χ2n) is 5.45. The zero-order valence-electron chi connectivity index (χ0n) is 12.7. The number of rotatable bonds is 4. The van der Waals surface area contributed by atoms with Gasteiger partial charge >= 0.3 is 0 Å². The molecule has 7 nitrogen and oxygen atoms in total. The SMILES string of the molecule is CS[C@H](C)C(=O)NC1CCN(c2ncnc3nc[nH]c23)CC1. The number of aromatic nitrogens is 4. The predicted molar refractivity (Wildman–Crippen MR) is 88.0 cm³/mol. The summed E-state index contributed by atoms with van der Waals surface area (Å²) in [5, 5.41) is 3.14. The van der Waals surface area contributed by atoms with Crippen LogP contribution in [0.3, 0.4) is 0 Å². The Morgan fingerprint density at radius 2 is 2.18 bits per heavy atom. The molecule has 1 atom stereocenters. The lowest BCUT2D eigenvalue weighted by atomic mass is 10.0. The van der Waals surface area contributed by atoms with Crippen LogP contribution in [-0.4, -0.2) is 56.5 Å². The van der Waals surface area contributed by atoms with Gasteiger partial charge in [0.1, 0.15) is 11.8 Å². The summed E-state index contributed by atoms with van der Waals surface area (Å²) in [6, 6.07) is 0.248. The zero-order chi connectivity index (χ0) is 15.5. The third-order valence-electron chi connectivity index (χ3n) is 4.07. The Hall–Kier alpha value is -1.83. The van der Waals surface area contributed by atoms with E-state index in [1.807, 2.05) is 13.2 Å². The lowest BCUT2D eigenvalue weighted by molar-refractivity contribution is -0.121. The molecule has 2 aromatic heterocycles. The molecule has 118 valence electrons. The molecule has 22 heavy (non-hydrogen) atoms. The minimum absolute atomic E-state index is 0.00418. The number of hydrogen-bond donors (Lipinski definition) is 2. The van der Waals surface area contributed by atoms with Gasteiger partial charge in [-0.3, -0.25) is 4.79 Å². The average molecular weight is 320 g/mol. The molecule has 3 rings (SSSR count). The van der Waals surface area contributed by atoms with Crippen molar-refractivity contribution in [3.8, 4) is 0 Å². The van der Waals surface area contributed by atoms with E-state index in [4.69, 9.17) is 0 Å². The minimum Gasteiger partial charge on any atom is -0.355 e. The van der Waals surface area contributed by atoms with E-state index in [1.54, 1.807) is 24.4 Å². The number of imidazole rings is 1. The van der Waals surface area contributed by atoms with E-state index >= 15 is 0 Å². The molecule has 0 spiro atoms. The first kappa shape index (κ1) is 15.1. The van der Waals surface area contributed by atoms with Crippen LogP contribution < -0.4 is 10.2 Å². The summed E-state index contributed by atoms with van der Waals surface area (Å²) in [6.45, 7) is 3.67. The topological polar surface area (TPSA) is 86.8 Å². The molecule has 1 fully saturated rings. The number of thioether (sulfide) groups is 1. The lowest BCUT2D eigenvalue weighted by Crippen LogP contribution is -2.46. The Balaban J connectivity index is 1.62. The second kappa shape index (κ2) is 6.51. The fourth-order valence-electron chi connectivity index (χ4n) is 2.65. The van der Waals surface area contributed by atoms with Crippen molar-refractivity contribution in [2.75, 3.05) is 24.2 Å². The quantitative estimate of drug-likeness (QED) is 0.880. The van der Waals surface area contributed by atoms with Gasteiger partial charge in [0.15, 0.2) is 11.5 Å². The third-order valence-corrected chi connectivity index (χ3v) is 4.99. The van der Waals surface area contributed by atoms with Gasteiger partial charge in [-0.15, -0.1) is 0 Å². The Kier molecular flexibility index (Phi) is 4.47. The van der Waals surface area contributed by atoms with Gasteiger partial charge in [-0.25, -0.2) is 15.0 Å². The second-order valence-corrected chi connectivity index (χ2v) is 6.62. The first-order chi connectivity index (χ1) is 10.7. The molecule has 1 aliphatic heterocycles. The van der Waals surface area contributed by atoms with Crippen molar-refractivity contribution in [2.24, 2.45) is 0 Å². The van der Waals surface area contributed by atoms with Crippen LogP contribution in [0.2, 0.25) is 0 Å². The first-order valence-electron chi connectivity index (χ1n) is 7.41. The van der Waals surface area contributed by atoms with E-state index in [-0.39, 0.29) is 17.2 Å². The normalized spacial score (nSPS) is 17.6. The maximum Gasteiger partial charge on any atom is 0.233 e. The molecule has 1 amide bonds. The van der Waals surface area contributed by atoms with Crippen LogP contribution in [0.15, 0.2) is 12.7 Å². The number of nitrogens with one attached hydrogen (secondary N) is 2. The molecular formula is C14H20N6OS. The van der Waals surface area contributed by atoms with Gasteiger partial charge < -0.3 is 15.2 Å². The van der Waals surface area contributed by atoms with E-state index in [2.05, 4.69) is 30.2 Å². The summed E-state index contributed by atoms with van der Waals surface area (Å²) in [6.07, 6.45) is 6.99. The number of aromatic amines is 1. The number of amides is 1. The molecule has 0 bridgehead atoms. The molecule has 0 radical (unpaired) electrons. The van der Waals surface area contributed by atoms with E-state index in [1.165, 1.54) is 0 Å². The van der Waals surface area contributed by atoms with Gasteiger partial charge in [-0.1, -0.05) is 0 Å². The number of H-pyrrole nitrogens is 1. The van der Waals surface area contributed by atoms with Gasteiger partial charge in [0.2, 0.25) is 5.91 Å². The first-order valence-corrected chi connectivity index (χ1v) is 8.70. The van der Waals surface area contributed by atoms with Crippen molar-refractivity contribution < 1.29 is 4.79 Å². The molecule has 0 aromatic carbocycles. The molecule has 8 heteroatoms. The fourth-order valence-corrected chi connectivity index (χ4v) is 2.94. The van der Waals surface area contributed by atoms with Crippen molar-refractivity contribution in [1.29, 1.82) is 0 Å². The van der Waals surface area contributed by atoms with Crippen LogP contribution in [0.5, 0.6) is 0 Å². The minimum atomic E-state index is 0.00418. The van der Waals surface area contributed by atoms with Crippen LogP contribution >= 0.6 is 11.8 Å². The Morgan fingerprint density at radius 1 is 1.41 bits per heavy atom. The summed E-state index contributed by atoms with van der Waals surface area (Å²) in [7, 11) is 0. The van der Waals surface area contributed by atoms with Crippen molar-refractivity contribution in [1.82, 2.24) is 25.3 Å². The highest BCUT2D eigenvalue weighted by molar-refractivity contribution is 7.99. The summed E-state index contributed by atoms with van der Waals surface area (Å²) in [4.78, 5) is 30.0. The molecule has 1 saturated heterocycles. The van der Waals surface area contributed by atoms with Gasteiger partial charge in [0, 0.05) is 19.1 Å². The van der Waals surface area contributed by atoms with E-state index in [0.717, 1.165) is 37.3 Å². The van der Waals surface area contributed by atoms with Crippen molar-refractivity contribution in [3.63, 3.8) is 0 Å². The molecule has 0 aliphatic carbocycles. The standard InChI is InChI=1S/C14H20N6OS/c1-9(22-2)14(21)19-10-3-5-20(6-4-10)13-11-12(16-7-15-11)17-8-18-13/h7-10H,3-6H2,1-2H3,(H,19,21)(H,15,16,17,18)/t9-/m1/s1. The molecular weight excluding hydrogens is 300 g/mol. The van der Waals surface area contributed by atoms with Gasteiger partial charge in [0.25, 0.3) is 0 Å². The van der Waals surface area contributed by atoms with Crippen molar-refractivity contribution >= 4 is 34.7 Å². The number of nitrogens with zero attached hydrogens (tertiary/aromatic N) is 4. The van der Waals surface area contributed by atoms with E-state index < -0.39 is 0 Å². The number of piperidine rings is 1. The number of hydrogen-bond acceptors (Lipinski definition) is 6. The van der Waals surface area contributed by atoms with Gasteiger partial charge in [-0.05, 0) is 26.0 Å². The molecule has 1 aliphatic rings. The number of carbonyl (C=O) groups is 1. The van der Waals surface area contributed by atoms with Crippen molar-refractivity contribution in [2.45, 2.75) is 31.1 Å². The third kappa shape index (κ3) is 3.01. The highest BCUT2D eigenvalue weighted by Crippen LogP contribution is 2.23. The summed E-state index contributed by atoms with van der Waals surface area (Å²) in [5.41, 5.74) is 1.57. The number of anilines is 1. The predicted octanol–water partition coefficient (Wildman–Crippen LogP) is 1.19. The average Bonchev–Trinajstić information content (AvgIpc) is 3.03. The maximum absolute atomic E-state index is 12.0. The summed E-state index contributed by atoms with van der Waals surface area (Å²) < 4.78 is 0. The highest BCUT2D eigenvalue weighted by Gasteiger charge is 2.24. The smallest absolute Gasteiger partial charge is 0.233 e. The Bertz CT molecular complexity index is 652. The number of fused-ring (bicyclic) bond motifs is 1. The van der Waals surface area contributed by atoms with Crippen LogP contribution in [0.4, 0.5) is 5.82 Å². The summed E-state index contributed by atoms with van der Waals surface area (Å²) >= 11 is 1.57. The molecule has 0 saturated carbocycles. The number of carbonyl (C=O) groups excluding carboxylic acids is 1. The van der Waals surface area contributed by atoms with Gasteiger partial charge in [-0.2, -0.15) is 11.8 Å². The summed E-state index contributed by atoms with van der Waals surface area (Å²) in [5.74, 6) is 1.02. The van der Waals surface area contributed by atoms with Crippen molar-refractivity contribution in [3.05, 3.63) is 12.7 Å². The Morgan fingerprint density at radius 3 is 2.91 bits per heavy atom. The monoisotopic (exact) mass is 320 g/mol. The van der Waals surface area contributed by atoms with E-state index in [0.29, 0.717) is 5.65 Å². The Labute approximate surface area is 133 Å². The zero-order valence-corrected chi connectivity index (χ0v) is 13.6. The lowest BCUT2D eigenvalue weighted by Gasteiger charge is -2.33. The van der Waals surface area contributed by atoms with Crippen LogP contribution in [0.25, 0.3) is 11.2 Å². The van der Waals surface area contributed by atoms with Gasteiger partial charge in [0.05, 0.1) is 11.6 Å². The van der Waals surface area contributed by atoms with Crippen LogP contribution in [-0.2, 0) is 4.79 Å². The van der Waals surface area contributed by atoms with Crippen LogP contribution in [0, 0.1) is 0 Å². The largest absolute Gasteiger partial charge is 0.355 e. The van der Waals surface area contributed by atoms with Crippen LogP contribution in [0.1, 0.15) is 19.8 Å². The maximum atomic E-state index is 12.0. The highest BCUT2D eigenvalue weighted by atomic mass is 32.2. The molecule has 3 heterocycles. The molecule has 2 aromatic rings.